The van der Waals surface area contributed by atoms with Crippen LogP contribution >= 0.6 is 0 Å². The van der Waals surface area contributed by atoms with Gasteiger partial charge < -0.3 is 15.4 Å². The molecule has 1 aromatic rings. The SMILES string of the molecule is COc1ccc(CN(C)C(=O)C(C)(N)C(F)(F)F)cc1F. The van der Waals surface area contributed by atoms with E-state index in [1.807, 2.05) is 0 Å². The van der Waals surface area contributed by atoms with Crippen LogP contribution in [0.15, 0.2) is 18.2 Å². The van der Waals surface area contributed by atoms with Gasteiger partial charge in [-0.15, -0.1) is 0 Å². The van der Waals surface area contributed by atoms with Crippen molar-refractivity contribution in [3.63, 3.8) is 0 Å². The van der Waals surface area contributed by atoms with Crippen molar-refractivity contribution in [3.05, 3.63) is 29.6 Å². The molecule has 0 heterocycles. The minimum Gasteiger partial charge on any atom is -0.494 e. The summed E-state index contributed by atoms with van der Waals surface area (Å²) in [5.74, 6) is -1.96. The first-order chi connectivity index (χ1) is 9.50. The van der Waals surface area contributed by atoms with Crippen molar-refractivity contribution in [2.45, 2.75) is 25.2 Å². The van der Waals surface area contributed by atoms with Crippen LogP contribution in [-0.4, -0.2) is 36.7 Å². The Morgan fingerprint density at radius 3 is 2.38 bits per heavy atom. The van der Waals surface area contributed by atoms with E-state index < -0.39 is 23.4 Å². The fourth-order valence-corrected chi connectivity index (χ4v) is 1.67. The van der Waals surface area contributed by atoms with Gasteiger partial charge in [0.2, 0.25) is 0 Å². The second-order valence-corrected chi connectivity index (χ2v) is 4.83. The first kappa shape index (κ1) is 17.2. The van der Waals surface area contributed by atoms with E-state index in [9.17, 15) is 22.4 Å². The number of halogens is 4. The van der Waals surface area contributed by atoms with Gasteiger partial charge in [-0.25, -0.2) is 4.39 Å². The van der Waals surface area contributed by atoms with Gasteiger partial charge in [0, 0.05) is 13.6 Å². The van der Waals surface area contributed by atoms with E-state index in [-0.39, 0.29) is 12.3 Å². The predicted molar refractivity (Wildman–Crippen MR) is 68.1 cm³/mol. The third-order valence-corrected chi connectivity index (χ3v) is 3.02. The summed E-state index contributed by atoms with van der Waals surface area (Å²) in [5.41, 5.74) is 2.39. The van der Waals surface area contributed by atoms with Crippen LogP contribution in [0.3, 0.4) is 0 Å². The maximum Gasteiger partial charge on any atom is 0.415 e. The lowest BCUT2D eigenvalue weighted by molar-refractivity contribution is -0.193. The normalized spacial score (nSPS) is 14.5. The van der Waals surface area contributed by atoms with Crippen molar-refractivity contribution in [3.8, 4) is 5.75 Å². The molecule has 2 N–H and O–H groups in total. The predicted octanol–water partition coefficient (Wildman–Crippen LogP) is 2.07. The summed E-state index contributed by atoms with van der Waals surface area (Å²) in [5, 5.41) is 0. The fraction of sp³-hybridized carbons (Fsp3) is 0.462. The number of methoxy groups -OCH3 is 1. The molecule has 118 valence electrons. The zero-order chi connectivity index (χ0) is 16.4. The van der Waals surface area contributed by atoms with Crippen molar-refractivity contribution < 1.29 is 27.1 Å². The summed E-state index contributed by atoms with van der Waals surface area (Å²) in [6.45, 7) is 0.392. The summed E-state index contributed by atoms with van der Waals surface area (Å²) < 4.78 is 56.3. The molecule has 0 fully saturated rings. The largest absolute Gasteiger partial charge is 0.494 e. The fourth-order valence-electron chi connectivity index (χ4n) is 1.67. The summed E-state index contributed by atoms with van der Waals surface area (Å²) in [4.78, 5) is 12.6. The molecule has 0 aliphatic heterocycles. The minimum atomic E-state index is -4.87. The summed E-state index contributed by atoms with van der Waals surface area (Å²) in [6.07, 6.45) is -4.87. The van der Waals surface area contributed by atoms with Gasteiger partial charge in [-0.1, -0.05) is 6.07 Å². The van der Waals surface area contributed by atoms with Crippen LogP contribution in [0.2, 0.25) is 0 Å². The van der Waals surface area contributed by atoms with Gasteiger partial charge >= 0.3 is 6.18 Å². The highest BCUT2D eigenvalue weighted by molar-refractivity contribution is 5.86. The molecule has 0 saturated carbocycles. The average Bonchev–Trinajstić information content (AvgIpc) is 2.36. The Kier molecular flexibility index (Phi) is 4.83. The number of nitrogens with zero attached hydrogens (tertiary/aromatic N) is 1. The van der Waals surface area contributed by atoms with Crippen LogP contribution in [0.25, 0.3) is 0 Å². The Morgan fingerprint density at radius 2 is 1.95 bits per heavy atom. The summed E-state index contributed by atoms with van der Waals surface area (Å²) in [7, 11) is 2.46. The number of hydrogen-bond donors (Lipinski definition) is 1. The lowest BCUT2D eigenvalue weighted by atomic mass is 10.0. The molecular formula is C13H16F4N2O2. The Hall–Kier alpha value is -1.83. The van der Waals surface area contributed by atoms with Crippen molar-refractivity contribution in [1.29, 1.82) is 0 Å². The Labute approximate surface area is 119 Å². The van der Waals surface area contributed by atoms with E-state index in [1.165, 1.54) is 26.3 Å². The van der Waals surface area contributed by atoms with Crippen LogP contribution < -0.4 is 10.5 Å². The Morgan fingerprint density at radius 1 is 1.38 bits per heavy atom. The molecule has 0 aliphatic carbocycles. The maximum absolute atomic E-state index is 13.5. The van der Waals surface area contributed by atoms with Gasteiger partial charge in [0.1, 0.15) is 0 Å². The molecule has 1 rings (SSSR count). The van der Waals surface area contributed by atoms with Crippen LogP contribution in [0.4, 0.5) is 17.6 Å². The zero-order valence-electron chi connectivity index (χ0n) is 11.8. The van der Waals surface area contributed by atoms with Gasteiger partial charge in [-0.2, -0.15) is 13.2 Å². The van der Waals surface area contributed by atoms with Crippen LogP contribution in [-0.2, 0) is 11.3 Å². The smallest absolute Gasteiger partial charge is 0.415 e. The number of hydrogen-bond acceptors (Lipinski definition) is 3. The number of benzene rings is 1. The number of amides is 1. The molecule has 0 saturated heterocycles. The molecule has 1 amide bonds. The standard InChI is InChI=1S/C13H16F4N2O2/c1-12(18,13(15,16)17)11(20)19(2)7-8-4-5-10(21-3)9(14)6-8/h4-6H,7,18H2,1-3H3. The highest BCUT2D eigenvalue weighted by atomic mass is 19.4. The van der Waals surface area contributed by atoms with Crippen LogP contribution in [0, 0.1) is 5.82 Å². The average molecular weight is 308 g/mol. The molecule has 4 nitrogen and oxygen atoms in total. The molecular weight excluding hydrogens is 292 g/mol. The highest BCUT2D eigenvalue weighted by Gasteiger charge is 2.54. The maximum atomic E-state index is 13.5. The second kappa shape index (κ2) is 5.88. The molecule has 21 heavy (non-hydrogen) atoms. The monoisotopic (exact) mass is 308 g/mol. The number of carbonyl (C=O) groups excluding carboxylic acids is 1. The topological polar surface area (TPSA) is 55.6 Å². The van der Waals surface area contributed by atoms with Gasteiger partial charge in [0.25, 0.3) is 5.91 Å². The van der Waals surface area contributed by atoms with E-state index in [4.69, 9.17) is 10.5 Å². The molecule has 0 radical (unpaired) electrons. The molecule has 0 aliphatic rings. The van der Waals surface area contributed by atoms with E-state index in [0.29, 0.717) is 12.5 Å². The molecule has 1 aromatic carbocycles. The molecule has 8 heteroatoms. The van der Waals surface area contributed by atoms with Crippen molar-refractivity contribution in [2.24, 2.45) is 5.73 Å². The quantitative estimate of drug-likeness (QED) is 0.866. The second-order valence-electron chi connectivity index (χ2n) is 4.83. The zero-order valence-corrected chi connectivity index (χ0v) is 11.8. The number of ether oxygens (including phenoxy) is 1. The van der Waals surface area contributed by atoms with Gasteiger partial charge in [0.05, 0.1) is 7.11 Å². The molecule has 0 spiro atoms. The first-order valence-corrected chi connectivity index (χ1v) is 5.94. The number of alkyl halides is 3. The highest BCUT2D eigenvalue weighted by Crippen LogP contribution is 2.29. The van der Waals surface area contributed by atoms with Crippen molar-refractivity contribution in [1.82, 2.24) is 4.90 Å². The van der Waals surface area contributed by atoms with E-state index in [2.05, 4.69) is 0 Å². The van der Waals surface area contributed by atoms with Gasteiger partial charge in [-0.3, -0.25) is 4.79 Å². The molecule has 1 atom stereocenters. The number of nitrogens with two attached hydrogens (primary N) is 1. The van der Waals surface area contributed by atoms with E-state index in [0.717, 1.165) is 11.0 Å². The third-order valence-electron chi connectivity index (χ3n) is 3.02. The molecule has 1 unspecified atom stereocenters. The van der Waals surface area contributed by atoms with Crippen LogP contribution in [0.5, 0.6) is 5.75 Å². The number of likely N-dealkylation sites (N-methyl/N-ethyl adjacent to an activating group) is 1. The lowest BCUT2D eigenvalue weighted by Gasteiger charge is -2.30. The lowest BCUT2D eigenvalue weighted by Crippen LogP contribution is -2.61. The number of carbonyl (C=O) groups is 1. The van der Waals surface area contributed by atoms with Crippen LogP contribution in [0.1, 0.15) is 12.5 Å². The van der Waals surface area contributed by atoms with Gasteiger partial charge in [0.15, 0.2) is 17.1 Å². The third kappa shape index (κ3) is 3.63. The Bertz CT molecular complexity index is 529. The van der Waals surface area contributed by atoms with Crippen molar-refractivity contribution >= 4 is 5.91 Å². The molecule has 0 aromatic heterocycles. The molecule has 0 bridgehead atoms. The first-order valence-electron chi connectivity index (χ1n) is 5.94. The summed E-state index contributed by atoms with van der Waals surface area (Å²) >= 11 is 0. The Balaban J connectivity index is 2.89. The van der Waals surface area contributed by atoms with E-state index >= 15 is 0 Å². The summed E-state index contributed by atoms with van der Waals surface area (Å²) in [6, 6.07) is 3.87. The van der Waals surface area contributed by atoms with E-state index in [1.54, 1.807) is 0 Å². The number of rotatable bonds is 4. The van der Waals surface area contributed by atoms with Gasteiger partial charge in [-0.05, 0) is 24.6 Å². The van der Waals surface area contributed by atoms with Crippen molar-refractivity contribution in [2.75, 3.05) is 14.2 Å². The minimum absolute atomic E-state index is 0.00619.